The molecule has 1 atom stereocenters. The first kappa shape index (κ1) is 24.3. The van der Waals surface area contributed by atoms with E-state index >= 15 is 0 Å². The summed E-state index contributed by atoms with van der Waals surface area (Å²) in [7, 11) is 0. The smallest absolute Gasteiger partial charge is 0.434 e. The second-order valence-corrected chi connectivity index (χ2v) is 7.61. The van der Waals surface area contributed by atoms with E-state index in [2.05, 4.69) is 10.4 Å². The van der Waals surface area contributed by atoms with Crippen molar-refractivity contribution in [1.29, 1.82) is 0 Å². The fraction of sp³-hybridized carbons (Fsp3) is 0.455. The zero-order chi connectivity index (χ0) is 24.2. The third-order valence-electron chi connectivity index (χ3n) is 5.36. The van der Waals surface area contributed by atoms with Gasteiger partial charge in [-0.2, -0.15) is 18.3 Å². The zero-order valence-corrected chi connectivity index (χ0v) is 18.3. The summed E-state index contributed by atoms with van der Waals surface area (Å²) in [6.07, 6.45) is -2.26. The number of amides is 2. The number of halogens is 3. The first-order chi connectivity index (χ1) is 15.7. The summed E-state index contributed by atoms with van der Waals surface area (Å²) in [4.78, 5) is 38.2. The Morgan fingerprint density at radius 3 is 2.48 bits per heavy atom. The number of benzene rings is 1. The van der Waals surface area contributed by atoms with Gasteiger partial charge in [0.15, 0.2) is 5.69 Å². The number of hydrogen-bond acceptors (Lipinski definition) is 5. The number of alkyl halides is 3. The maximum absolute atomic E-state index is 13.6. The summed E-state index contributed by atoms with van der Waals surface area (Å²) < 4.78 is 46.3. The number of nitrogens with one attached hydrogen (secondary N) is 1. The van der Waals surface area contributed by atoms with E-state index in [-0.39, 0.29) is 30.0 Å². The summed E-state index contributed by atoms with van der Waals surface area (Å²) >= 11 is 0. The SMILES string of the molecule is CCOC(=O)c1cnn(-c2ccc(NC(=O)C3CCCN(C(=O)CC)C3)cc2)c1C(F)(F)F. The number of anilines is 1. The molecule has 2 heterocycles. The highest BCUT2D eigenvalue weighted by Gasteiger charge is 2.41. The Morgan fingerprint density at radius 2 is 1.88 bits per heavy atom. The maximum Gasteiger partial charge on any atom is 0.434 e. The van der Waals surface area contributed by atoms with Crippen molar-refractivity contribution in [2.45, 2.75) is 39.3 Å². The molecule has 178 valence electrons. The van der Waals surface area contributed by atoms with Crippen LogP contribution in [0.2, 0.25) is 0 Å². The van der Waals surface area contributed by atoms with Crippen LogP contribution in [0.1, 0.15) is 49.2 Å². The molecule has 1 N–H and O–H groups in total. The van der Waals surface area contributed by atoms with Crippen molar-refractivity contribution in [1.82, 2.24) is 14.7 Å². The topological polar surface area (TPSA) is 93.5 Å². The molecule has 1 saturated heterocycles. The minimum Gasteiger partial charge on any atom is -0.462 e. The third kappa shape index (κ3) is 5.52. The number of esters is 1. The molecule has 33 heavy (non-hydrogen) atoms. The molecule has 1 aromatic heterocycles. The predicted octanol–water partition coefficient (Wildman–Crippen LogP) is 3.65. The normalized spacial score (nSPS) is 16.4. The van der Waals surface area contributed by atoms with Crippen LogP contribution in [0, 0.1) is 5.92 Å². The minimum absolute atomic E-state index is 0.00117. The summed E-state index contributed by atoms with van der Waals surface area (Å²) in [5.41, 5.74) is -1.45. The van der Waals surface area contributed by atoms with Gasteiger partial charge in [0, 0.05) is 25.2 Å². The van der Waals surface area contributed by atoms with Crippen LogP contribution in [0.15, 0.2) is 30.5 Å². The Kier molecular flexibility index (Phi) is 7.39. The Hall–Kier alpha value is -3.37. The maximum atomic E-state index is 13.6. The van der Waals surface area contributed by atoms with Gasteiger partial charge in [0.05, 0.1) is 24.4 Å². The van der Waals surface area contributed by atoms with Gasteiger partial charge in [-0.1, -0.05) is 6.92 Å². The number of carbonyl (C=O) groups is 3. The third-order valence-corrected chi connectivity index (χ3v) is 5.36. The van der Waals surface area contributed by atoms with E-state index in [4.69, 9.17) is 4.74 Å². The molecule has 3 rings (SSSR count). The zero-order valence-electron chi connectivity index (χ0n) is 18.3. The molecule has 2 amide bonds. The number of hydrogen-bond donors (Lipinski definition) is 1. The number of likely N-dealkylation sites (tertiary alicyclic amines) is 1. The molecule has 8 nitrogen and oxygen atoms in total. The Bertz CT molecular complexity index is 1020. The first-order valence-electron chi connectivity index (χ1n) is 10.7. The van der Waals surface area contributed by atoms with Gasteiger partial charge in [-0.3, -0.25) is 9.59 Å². The van der Waals surface area contributed by atoms with Gasteiger partial charge in [-0.25, -0.2) is 9.48 Å². The number of ether oxygens (including phenoxy) is 1. The van der Waals surface area contributed by atoms with Crippen LogP contribution in [-0.2, 0) is 20.5 Å². The molecular weight excluding hydrogens is 441 g/mol. The van der Waals surface area contributed by atoms with Gasteiger partial charge in [-0.15, -0.1) is 0 Å². The van der Waals surface area contributed by atoms with E-state index in [9.17, 15) is 27.6 Å². The number of carbonyl (C=O) groups excluding carboxylic acids is 3. The monoisotopic (exact) mass is 466 g/mol. The van der Waals surface area contributed by atoms with E-state index < -0.39 is 23.4 Å². The van der Waals surface area contributed by atoms with E-state index in [0.29, 0.717) is 36.3 Å². The summed E-state index contributed by atoms with van der Waals surface area (Å²) in [6.45, 7) is 4.17. The number of nitrogens with zero attached hydrogens (tertiary/aromatic N) is 3. The van der Waals surface area contributed by atoms with Gasteiger partial charge >= 0.3 is 12.1 Å². The van der Waals surface area contributed by atoms with Crippen LogP contribution < -0.4 is 5.32 Å². The van der Waals surface area contributed by atoms with Crippen molar-refractivity contribution < 1.29 is 32.3 Å². The van der Waals surface area contributed by atoms with Crippen molar-refractivity contribution in [3.8, 4) is 5.69 Å². The molecule has 1 aliphatic rings. The lowest BCUT2D eigenvalue weighted by Gasteiger charge is -2.31. The summed E-state index contributed by atoms with van der Waals surface area (Å²) in [5.74, 6) is -1.72. The molecule has 2 aromatic rings. The van der Waals surface area contributed by atoms with Crippen LogP contribution in [-0.4, -0.2) is 52.2 Å². The molecule has 0 saturated carbocycles. The van der Waals surface area contributed by atoms with Gasteiger partial charge in [0.2, 0.25) is 11.8 Å². The predicted molar refractivity (Wildman–Crippen MR) is 113 cm³/mol. The molecule has 0 aliphatic carbocycles. The van der Waals surface area contributed by atoms with Crippen LogP contribution >= 0.6 is 0 Å². The average Bonchev–Trinajstić information content (AvgIpc) is 3.25. The largest absolute Gasteiger partial charge is 0.462 e. The standard InChI is InChI=1S/C22H25F3N4O4/c1-3-18(30)28-11-5-6-14(13-28)20(31)27-15-7-9-16(10-8-15)29-19(22(23,24)25)17(12-26-29)21(32)33-4-2/h7-10,12,14H,3-6,11,13H2,1-2H3,(H,27,31). The van der Waals surface area contributed by atoms with Gasteiger partial charge in [0.1, 0.15) is 5.56 Å². The van der Waals surface area contributed by atoms with Crippen LogP contribution in [0.5, 0.6) is 0 Å². The van der Waals surface area contributed by atoms with Gasteiger partial charge < -0.3 is 15.0 Å². The van der Waals surface area contributed by atoms with Gasteiger partial charge in [-0.05, 0) is 44.0 Å². The van der Waals surface area contributed by atoms with E-state index in [1.807, 2.05) is 0 Å². The number of piperidine rings is 1. The van der Waals surface area contributed by atoms with Crippen LogP contribution in [0.3, 0.4) is 0 Å². The average molecular weight is 466 g/mol. The highest BCUT2D eigenvalue weighted by atomic mass is 19.4. The lowest BCUT2D eigenvalue weighted by molar-refractivity contribution is -0.143. The Balaban J connectivity index is 1.76. The minimum atomic E-state index is -4.84. The summed E-state index contributed by atoms with van der Waals surface area (Å²) in [5, 5.41) is 6.47. The fourth-order valence-corrected chi connectivity index (χ4v) is 3.75. The lowest BCUT2D eigenvalue weighted by Crippen LogP contribution is -2.43. The molecule has 0 radical (unpaired) electrons. The highest BCUT2D eigenvalue weighted by molar-refractivity contribution is 5.93. The molecular formula is C22H25F3N4O4. The van der Waals surface area contributed by atoms with Crippen molar-refractivity contribution in [2.75, 3.05) is 25.0 Å². The second kappa shape index (κ2) is 10.1. The van der Waals surface area contributed by atoms with Crippen molar-refractivity contribution in [3.63, 3.8) is 0 Å². The molecule has 1 fully saturated rings. The van der Waals surface area contributed by atoms with Crippen LogP contribution in [0.4, 0.5) is 18.9 Å². The van der Waals surface area contributed by atoms with E-state index in [1.165, 1.54) is 31.2 Å². The van der Waals surface area contributed by atoms with Crippen molar-refractivity contribution in [3.05, 3.63) is 41.7 Å². The molecule has 0 spiro atoms. The van der Waals surface area contributed by atoms with Crippen molar-refractivity contribution >= 4 is 23.5 Å². The molecule has 1 aromatic carbocycles. The quantitative estimate of drug-likeness (QED) is 0.656. The lowest BCUT2D eigenvalue weighted by atomic mass is 9.96. The molecule has 1 aliphatic heterocycles. The molecule has 1 unspecified atom stereocenters. The number of rotatable bonds is 6. The van der Waals surface area contributed by atoms with Crippen molar-refractivity contribution in [2.24, 2.45) is 5.92 Å². The van der Waals surface area contributed by atoms with Crippen LogP contribution in [0.25, 0.3) is 5.69 Å². The Morgan fingerprint density at radius 1 is 1.18 bits per heavy atom. The second-order valence-electron chi connectivity index (χ2n) is 7.61. The molecule has 11 heteroatoms. The Labute approximate surface area is 188 Å². The highest BCUT2D eigenvalue weighted by Crippen LogP contribution is 2.34. The number of aromatic nitrogens is 2. The first-order valence-corrected chi connectivity index (χ1v) is 10.7. The van der Waals surface area contributed by atoms with Gasteiger partial charge in [0.25, 0.3) is 0 Å². The molecule has 0 bridgehead atoms. The van der Waals surface area contributed by atoms with E-state index in [0.717, 1.165) is 12.6 Å². The summed E-state index contributed by atoms with van der Waals surface area (Å²) in [6, 6.07) is 5.63. The fourth-order valence-electron chi connectivity index (χ4n) is 3.75. The van der Waals surface area contributed by atoms with E-state index in [1.54, 1.807) is 11.8 Å².